The molecule has 1 unspecified atom stereocenters. The molecular formula is C19H32IN9. The third kappa shape index (κ3) is 5.26. The minimum Gasteiger partial charge on any atom is -0.354 e. The van der Waals surface area contributed by atoms with E-state index in [2.05, 4.69) is 42.5 Å². The molecule has 0 bridgehead atoms. The largest absolute Gasteiger partial charge is 0.354 e. The summed E-state index contributed by atoms with van der Waals surface area (Å²) in [5.74, 6) is 4.69. The maximum atomic E-state index is 4.83. The molecule has 1 atom stereocenters. The molecule has 2 aliphatic rings. The highest BCUT2D eigenvalue weighted by molar-refractivity contribution is 14.0. The van der Waals surface area contributed by atoms with Crippen LogP contribution in [0.4, 0.5) is 0 Å². The Bertz CT molecular complexity index is 835. The number of aliphatic imine (C=N–C) groups is 1. The van der Waals surface area contributed by atoms with Crippen LogP contribution >= 0.6 is 24.0 Å². The van der Waals surface area contributed by atoms with Crippen molar-refractivity contribution < 1.29 is 0 Å². The van der Waals surface area contributed by atoms with Crippen LogP contribution < -0.4 is 10.6 Å². The van der Waals surface area contributed by atoms with E-state index >= 15 is 0 Å². The van der Waals surface area contributed by atoms with Crippen LogP contribution in [0.25, 0.3) is 0 Å². The summed E-state index contributed by atoms with van der Waals surface area (Å²) in [5.41, 5.74) is 0. The standard InChI is InChI=1S/C19H31N9.HI/c1-4-16-23-17-10-9-15(12-28(17)26-16)22-19(21-14-7-5-6-8-14)20-11-18-25-24-13(2)27(18)3;/h14-15H,4-12H2,1-3H3,(H2,20,21,22);1H. The number of nitrogens with one attached hydrogen (secondary N) is 2. The number of aryl methyl sites for hydroxylation is 3. The molecule has 160 valence electrons. The summed E-state index contributed by atoms with van der Waals surface area (Å²) in [4.78, 5) is 9.44. The summed E-state index contributed by atoms with van der Waals surface area (Å²) in [5, 5.41) is 20.3. The number of hydrogen-bond acceptors (Lipinski definition) is 5. The predicted octanol–water partition coefficient (Wildman–Crippen LogP) is 1.89. The summed E-state index contributed by atoms with van der Waals surface area (Å²) in [7, 11) is 1.98. The Labute approximate surface area is 189 Å². The summed E-state index contributed by atoms with van der Waals surface area (Å²) in [6, 6.07) is 0.803. The Morgan fingerprint density at radius 3 is 2.59 bits per heavy atom. The van der Waals surface area contributed by atoms with Crippen LogP contribution in [0.1, 0.15) is 62.3 Å². The van der Waals surface area contributed by atoms with E-state index in [-0.39, 0.29) is 24.0 Å². The fourth-order valence-electron chi connectivity index (χ4n) is 3.96. The van der Waals surface area contributed by atoms with Gasteiger partial charge in [0.05, 0.1) is 6.54 Å². The number of rotatable bonds is 5. The van der Waals surface area contributed by atoms with Crippen molar-refractivity contribution in [3.8, 4) is 0 Å². The Kier molecular flexibility index (Phi) is 7.47. The third-order valence-electron chi connectivity index (χ3n) is 5.82. The van der Waals surface area contributed by atoms with Gasteiger partial charge in [-0.3, -0.25) is 0 Å². The topological polar surface area (TPSA) is 97.8 Å². The summed E-state index contributed by atoms with van der Waals surface area (Å²) >= 11 is 0. The molecule has 9 nitrogen and oxygen atoms in total. The Balaban J connectivity index is 0.00000240. The summed E-state index contributed by atoms with van der Waals surface area (Å²) in [6.45, 7) is 5.40. The quantitative estimate of drug-likeness (QED) is 0.360. The van der Waals surface area contributed by atoms with E-state index in [0.717, 1.165) is 55.1 Å². The smallest absolute Gasteiger partial charge is 0.192 e. The van der Waals surface area contributed by atoms with E-state index < -0.39 is 0 Å². The van der Waals surface area contributed by atoms with E-state index in [4.69, 9.17) is 4.99 Å². The molecule has 0 radical (unpaired) electrons. The van der Waals surface area contributed by atoms with Crippen molar-refractivity contribution in [3.63, 3.8) is 0 Å². The minimum atomic E-state index is 0. The normalized spacial score (nSPS) is 19.7. The highest BCUT2D eigenvalue weighted by atomic mass is 127. The SMILES string of the molecule is CCc1nc2n(n1)CC(NC(=NCc1nnc(C)n1C)NC1CCCC1)CC2.I. The van der Waals surface area contributed by atoms with Gasteiger partial charge in [-0.2, -0.15) is 5.10 Å². The third-order valence-corrected chi connectivity index (χ3v) is 5.82. The highest BCUT2D eigenvalue weighted by Crippen LogP contribution is 2.18. The predicted molar refractivity (Wildman–Crippen MR) is 122 cm³/mol. The van der Waals surface area contributed by atoms with Gasteiger partial charge in [-0.1, -0.05) is 19.8 Å². The average molecular weight is 513 g/mol. The Morgan fingerprint density at radius 2 is 1.90 bits per heavy atom. The zero-order chi connectivity index (χ0) is 19.5. The van der Waals surface area contributed by atoms with Crippen molar-refractivity contribution in [1.29, 1.82) is 0 Å². The molecule has 0 spiro atoms. The number of guanidine groups is 1. The van der Waals surface area contributed by atoms with E-state index in [0.29, 0.717) is 18.6 Å². The Hall–Kier alpha value is -1.72. The second kappa shape index (κ2) is 9.86. The fourth-order valence-corrected chi connectivity index (χ4v) is 3.96. The van der Waals surface area contributed by atoms with Gasteiger partial charge in [0.25, 0.3) is 0 Å². The molecule has 0 amide bonds. The van der Waals surface area contributed by atoms with Gasteiger partial charge in [0.2, 0.25) is 0 Å². The molecule has 2 N–H and O–H groups in total. The lowest BCUT2D eigenvalue weighted by Crippen LogP contribution is -2.49. The molecule has 29 heavy (non-hydrogen) atoms. The van der Waals surface area contributed by atoms with Crippen LogP contribution in [-0.4, -0.2) is 47.6 Å². The van der Waals surface area contributed by atoms with Crippen molar-refractivity contribution in [1.82, 2.24) is 40.2 Å². The molecule has 1 aliphatic heterocycles. The zero-order valence-electron chi connectivity index (χ0n) is 17.6. The van der Waals surface area contributed by atoms with Gasteiger partial charge in [-0.25, -0.2) is 14.7 Å². The zero-order valence-corrected chi connectivity index (χ0v) is 19.9. The van der Waals surface area contributed by atoms with Crippen molar-refractivity contribution in [2.24, 2.45) is 12.0 Å². The lowest BCUT2D eigenvalue weighted by atomic mass is 10.1. The van der Waals surface area contributed by atoms with Gasteiger partial charge in [0.1, 0.15) is 18.2 Å². The van der Waals surface area contributed by atoms with Gasteiger partial charge >= 0.3 is 0 Å². The fraction of sp³-hybridized carbons (Fsp3) is 0.737. The molecule has 0 saturated heterocycles. The number of nitrogens with zero attached hydrogens (tertiary/aromatic N) is 7. The first-order valence-electron chi connectivity index (χ1n) is 10.5. The van der Waals surface area contributed by atoms with Crippen LogP contribution in [0.5, 0.6) is 0 Å². The second-order valence-corrected chi connectivity index (χ2v) is 7.87. The van der Waals surface area contributed by atoms with E-state index in [1.54, 1.807) is 0 Å². The highest BCUT2D eigenvalue weighted by Gasteiger charge is 2.24. The maximum Gasteiger partial charge on any atom is 0.192 e. The summed E-state index contributed by atoms with van der Waals surface area (Å²) in [6.07, 6.45) is 7.87. The van der Waals surface area contributed by atoms with Gasteiger partial charge in [0.15, 0.2) is 17.6 Å². The lowest BCUT2D eigenvalue weighted by Gasteiger charge is -2.27. The van der Waals surface area contributed by atoms with Crippen LogP contribution in [0.15, 0.2) is 4.99 Å². The molecule has 4 rings (SSSR count). The van der Waals surface area contributed by atoms with Crippen molar-refractivity contribution in [2.45, 2.75) is 84.0 Å². The van der Waals surface area contributed by atoms with E-state index in [1.165, 1.54) is 25.7 Å². The molecule has 3 heterocycles. The number of hydrogen-bond donors (Lipinski definition) is 2. The summed E-state index contributed by atoms with van der Waals surface area (Å²) < 4.78 is 4.05. The van der Waals surface area contributed by atoms with Gasteiger partial charge in [0, 0.05) is 32.0 Å². The lowest BCUT2D eigenvalue weighted by molar-refractivity contribution is 0.390. The van der Waals surface area contributed by atoms with Crippen LogP contribution in [0.2, 0.25) is 0 Å². The average Bonchev–Trinajstić information content (AvgIpc) is 3.42. The number of halogens is 1. The number of aromatic nitrogens is 6. The first-order chi connectivity index (χ1) is 13.6. The van der Waals surface area contributed by atoms with Crippen molar-refractivity contribution in [2.75, 3.05) is 0 Å². The van der Waals surface area contributed by atoms with Crippen molar-refractivity contribution in [3.05, 3.63) is 23.3 Å². The van der Waals surface area contributed by atoms with Crippen LogP contribution in [0.3, 0.4) is 0 Å². The molecular weight excluding hydrogens is 481 g/mol. The van der Waals surface area contributed by atoms with Gasteiger partial charge in [-0.05, 0) is 26.2 Å². The monoisotopic (exact) mass is 513 g/mol. The molecule has 10 heteroatoms. The maximum absolute atomic E-state index is 4.83. The molecule has 2 aromatic heterocycles. The minimum absolute atomic E-state index is 0. The second-order valence-electron chi connectivity index (χ2n) is 7.87. The number of fused-ring (bicyclic) bond motifs is 1. The van der Waals surface area contributed by atoms with Crippen LogP contribution in [-0.2, 0) is 33.0 Å². The van der Waals surface area contributed by atoms with E-state index in [1.807, 2.05) is 18.5 Å². The first kappa shape index (κ1) is 22.0. The first-order valence-corrected chi connectivity index (χ1v) is 10.5. The Morgan fingerprint density at radius 1 is 1.14 bits per heavy atom. The van der Waals surface area contributed by atoms with Gasteiger partial charge < -0.3 is 15.2 Å². The van der Waals surface area contributed by atoms with Gasteiger partial charge in [-0.15, -0.1) is 34.2 Å². The molecule has 0 aromatic carbocycles. The molecule has 2 aromatic rings. The van der Waals surface area contributed by atoms with E-state index in [9.17, 15) is 0 Å². The molecule has 1 fully saturated rings. The molecule has 1 aliphatic carbocycles. The molecule has 1 saturated carbocycles. The van der Waals surface area contributed by atoms with Crippen molar-refractivity contribution >= 4 is 29.9 Å². The van der Waals surface area contributed by atoms with Crippen LogP contribution in [0, 0.1) is 6.92 Å².